The lowest BCUT2D eigenvalue weighted by atomic mass is 10.5. The first-order chi connectivity index (χ1) is 1.73. The summed E-state index contributed by atoms with van der Waals surface area (Å²) in [7, 11) is 0. The average molecular weight is 158 g/mol. The fourth-order valence-corrected chi connectivity index (χ4v) is 0. The van der Waals surface area contributed by atoms with Gasteiger partial charge < -0.3 is 28.2 Å². The van der Waals surface area contributed by atoms with Crippen LogP contribution in [0.1, 0.15) is 13.8 Å². The molecule has 5 N–H and O–H groups in total. The largest absolute Gasteiger partial charge is 1.00 e. The molecule has 3 heteroatoms. The van der Waals surface area contributed by atoms with Crippen LogP contribution < -0.4 is 23.1 Å². The summed E-state index contributed by atoms with van der Waals surface area (Å²) >= 11 is 0. The molecule has 0 amide bonds. The second-order valence-corrected chi connectivity index (χ2v) is 1.09. The standard InChI is InChI=1S/C3H8O.BrH.H3N/c1-3(2)4;;/h3-4H,1-2H3;1H;1H3. The molecule has 0 bridgehead atoms. The van der Waals surface area contributed by atoms with Gasteiger partial charge in [0.2, 0.25) is 0 Å². The maximum Gasteiger partial charge on any atom is 0.0483 e. The van der Waals surface area contributed by atoms with E-state index in [-0.39, 0.29) is 29.2 Å². The second-order valence-electron chi connectivity index (χ2n) is 1.09. The molecule has 0 spiro atoms. The Hall–Kier alpha value is 0.400. The van der Waals surface area contributed by atoms with Crippen LogP contribution in [-0.2, 0) is 0 Å². The van der Waals surface area contributed by atoms with E-state index < -0.39 is 0 Å². The summed E-state index contributed by atoms with van der Waals surface area (Å²) in [6, 6.07) is 0. The van der Waals surface area contributed by atoms with Gasteiger partial charge in [-0.05, 0) is 13.8 Å². The van der Waals surface area contributed by atoms with E-state index in [9.17, 15) is 0 Å². The Morgan fingerprint density at radius 3 is 1.33 bits per heavy atom. The van der Waals surface area contributed by atoms with Gasteiger partial charge in [-0.15, -0.1) is 0 Å². The van der Waals surface area contributed by atoms with Crippen molar-refractivity contribution in [3.63, 3.8) is 0 Å². The number of hydrogen-bond acceptors (Lipinski definition) is 1. The Balaban J connectivity index is -0.0000000450. The van der Waals surface area contributed by atoms with Gasteiger partial charge in [0.05, 0.1) is 0 Å². The van der Waals surface area contributed by atoms with Crippen molar-refractivity contribution in [2.75, 3.05) is 0 Å². The van der Waals surface area contributed by atoms with E-state index in [0.29, 0.717) is 0 Å². The van der Waals surface area contributed by atoms with Crippen LogP contribution in [0.15, 0.2) is 0 Å². The molecule has 0 aliphatic rings. The second kappa shape index (κ2) is 9.04. The van der Waals surface area contributed by atoms with E-state index in [0.717, 1.165) is 0 Å². The average Bonchev–Trinajstić information content (AvgIpc) is 0.811. The Labute approximate surface area is 48.9 Å². The zero-order valence-electron chi connectivity index (χ0n) is 4.40. The lowest BCUT2D eigenvalue weighted by molar-refractivity contribution is -0.00000389. The first-order valence-corrected chi connectivity index (χ1v) is 1.41. The predicted molar refractivity (Wildman–Crippen MR) is 23.3 cm³/mol. The fourth-order valence-electron chi connectivity index (χ4n) is 0. The molecule has 42 valence electrons. The molecule has 0 fully saturated rings. The number of hydrogen-bond donors (Lipinski definition) is 2. The minimum absolute atomic E-state index is 0. The van der Waals surface area contributed by atoms with Crippen LogP contribution in [0.3, 0.4) is 0 Å². The zero-order valence-corrected chi connectivity index (χ0v) is 5.99. The third-order valence-corrected chi connectivity index (χ3v) is 0. The van der Waals surface area contributed by atoms with Crippen LogP contribution >= 0.6 is 0 Å². The highest BCUT2D eigenvalue weighted by Gasteiger charge is 1.69. The van der Waals surface area contributed by atoms with Gasteiger partial charge in [-0.3, -0.25) is 0 Å². The summed E-state index contributed by atoms with van der Waals surface area (Å²) in [6.07, 6.45) is -0.167. The van der Waals surface area contributed by atoms with Crippen molar-refractivity contribution < 1.29 is 22.1 Å². The van der Waals surface area contributed by atoms with Crippen molar-refractivity contribution in [3.8, 4) is 0 Å². The van der Waals surface area contributed by atoms with E-state index >= 15 is 0 Å². The Morgan fingerprint density at radius 2 is 1.33 bits per heavy atom. The lowest BCUT2D eigenvalue weighted by Gasteiger charge is -1.80. The smallest absolute Gasteiger partial charge is 0.0483 e. The summed E-state index contributed by atoms with van der Waals surface area (Å²) in [6.45, 7) is 3.44. The van der Waals surface area contributed by atoms with Gasteiger partial charge in [-0.2, -0.15) is 0 Å². The van der Waals surface area contributed by atoms with Gasteiger partial charge in [-0.1, -0.05) is 0 Å². The van der Waals surface area contributed by atoms with Gasteiger partial charge in [0.25, 0.3) is 0 Å². The number of aliphatic hydroxyl groups excluding tert-OH is 1. The number of quaternary nitrogens is 1. The molecule has 0 aromatic heterocycles. The van der Waals surface area contributed by atoms with Crippen molar-refractivity contribution >= 4 is 0 Å². The molecule has 0 atom stereocenters. The van der Waals surface area contributed by atoms with Crippen molar-refractivity contribution in [1.29, 1.82) is 0 Å². The van der Waals surface area contributed by atoms with Crippen LogP contribution in [0, 0.1) is 0 Å². The third kappa shape index (κ3) is 318. The van der Waals surface area contributed by atoms with Crippen molar-refractivity contribution in [3.05, 3.63) is 0 Å². The molecular weight excluding hydrogens is 146 g/mol. The highest BCUT2D eigenvalue weighted by atomic mass is 79.9. The first kappa shape index (κ1) is 16.1. The molecule has 0 aliphatic carbocycles. The Bertz CT molecular complexity index is 15.5. The van der Waals surface area contributed by atoms with E-state index in [1.165, 1.54) is 0 Å². The summed E-state index contributed by atoms with van der Waals surface area (Å²) in [5.74, 6) is 0. The minimum atomic E-state index is -0.167. The highest BCUT2D eigenvalue weighted by molar-refractivity contribution is 4.20. The maximum absolute atomic E-state index is 8.06. The molecule has 6 heavy (non-hydrogen) atoms. The van der Waals surface area contributed by atoms with E-state index in [4.69, 9.17) is 5.11 Å². The number of rotatable bonds is 0. The maximum atomic E-state index is 8.06. The molecule has 0 aromatic carbocycles. The van der Waals surface area contributed by atoms with Crippen LogP contribution in [0.25, 0.3) is 0 Å². The van der Waals surface area contributed by atoms with Gasteiger partial charge in [-0.25, -0.2) is 0 Å². The molecular formula is C3H12BrNO. The van der Waals surface area contributed by atoms with Crippen LogP contribution in [0.5, 0.6) is 0 Å². The summed E-state index contributed by atoms with van der Waals surface area (Å²) in [5.41, 5.74) is 0. The van der Waals surface area contributed by atoms with Crippen LogP contribution in [0.2, 0.25) is 0 Å². The summed E-state index contributed by atoms with van der Waals surface area (Å²) < 4.78 is 0. The van der Waals surface area contributed by atoms with Gasteiger partial charge >= 0.3 is 0 Å². The first-order valence-electron chi connectivity index (χ1n) is 1.41. The zero-order chi connectivity index (χ0) is 3.58. The molecule has 0 heterocycles. The summed E-state index contributed by atoms with van der Waals surface area (Å²) in [5, 5.41) is 8.06. The normalized spacial score (nSPS) is 6.00. The van der Waals surface area contributed by atoms with Gasteiger partial charge in [0.15, 0.2) is 0 Å². The predicted octanol–water partition coefficient (Wildman–Crippen LogP) is -2.23. The van der Waals surface area contributed by atoms with Gasteiger partial charge in [0.1, 0.15) is 0 Å². The van der Waals surface area contributed by atoms with E-state index in [1.807, 2.05) is 0 Å². The molecule has 0 aromatic rings. The third-order valence-electron chi connectivity index (χ3n) is 0. The lowest BCUT2D eigenvalue weighted by Crippen LogP contribution is -3.00. The highest BCUT2D eigenvalue weighted by Crippen LogP contribution is 1.65. The topological polar surface area (TPSA) is 56.7 Å². The molecule has 0 saturated carbocycles. The van der Waals surface area contributed by atoms with E-state index in [1.54, 1.807) is 13.8 Å². The Morgan fingerprint density at radius 1 is 1.33 bits per heavy atom. The quantitative estimate of drug-likeness (QED) is 0.411. The molecule has 0 radical (unpaired) electrons. The van der Waals surface area contributed by atoms with Crippen molar-refractivity contribution in [2.24, 2.45) is 0 Å². The van der Waals surface area contributed by atoms with Crippen molar-refractivity contribution in [1.82, 2.24) is 6.15 Å². The monoisotopic (exact) mass is 157 g/mol. The molecule has 0 saturated heterocycles. The molecule has 2 nitrogen and oxygen atoms in total. The molecule has 0 rings (SSSR count). The summed E-state index contributed by atoms with van der Waals surface area (Å²) in [4.78, 5) is 0. The van der Waals surface area contributed by atoms with Crippen molar-refractivity contribution in [2.45, 2.75) is 20.0 Å². The SMILES string of the molecule is CC(C)O.[Br-].[NH4+]. The number of aliphatic hydroxyl groups is 1. The van der Waals surface area contributed by atoms with Crippen LogP contribution in [0.4, 0.5) is 0 Å². The van der Waals surface area contributed by atoms with Gasteiger partial charge in [0, 0.05) is 6.10 Å². The number of halogens is 1. The minimum Gasteiger partial charge on any atom is -1.00 e. The van der Waals surface area contributed by atoms with Crippen LogP contribution in [-0.4, -0.2) is 11.2 Å². The molecule has 0 aliphatic heterocycles. The Kier molecular flexibility index (Phi) is 24.3. The van der Waals surface area contributed by atoms with E-state index in [2.05, 4.69) is 0 Å². The molecule has 0 unspecified atom stereocenters. The fraction of sp³-hybridized carbons (Fsp3) is 1.00.